The number of ether oxygens (including phenoxy) is 1. The van der Waals surface area contributed by atoms with Crippen LogP contribution in [0.2, 0.25) is 0 Å². The molecule has 1 amide bonds. The van der Waals surface area contributed by atoms with E-state index in [9.17, 15) is 17.6 Å². The van der Waals surface area contributed by atoms with E-state index in [4.69, 9.17) is 4.74 Å². The van der Waals surface area contributed by atoms with E-state index in [-0.39, 0.29) is 29.1 Å². The first kappa shape index (κ1) is 21.3. The molecule has 1 atom stereocenters. The Morgan fingerprint density at radius 1 is 1.17 bits per heavy atom. The van der Waals surface area contributed by atoms with Crippen molar-refractivity contribution in [3.8, 4) is 5.75 Å². The van der Waals surface area contributed by atoms with Crippen molar-refractivity contribution < 1.29 is 22.3 Å². The first-order valence-corrected chi connectivity index (χ1v) is 11.0. The molecule has 6 nitrogen and oxygen atoms in total. The standard InChI is InChI=1S/C21H25FN2O4S/c1-28-19-8-10-20(11-9-19)29(26,27)24-14-2-3-17(15-24)21(25)23-13-12-16-4-6-18(22)7-5-16/h4-11,17H,2-3,12-15H2,1H3,(H,23,25)/t17-/m1/s1. The minimum Gasteiger partial charge on any atom is -0.497 e. The summed E-state index contributed by atoms with van der Waals surface area (Å²) in [5.41, 5.74) is 0.930. The van der Waals surface area contributed by atoms with Crippen LogP contribution in [-0.2, 0) is 21.2 Å². The van der Waals surface area contributed by atoms with Crippen LogP contribution in [0.1, 0.15) is 18.4 Å². The number of nitrogens with zero attached hydrogens (tertiary/aromatic N) is 1. The molecule has 2 aromatic carbocycles. The van der Waals surface area contributed by atoms with Crippen LogP contribution in [0.25, 0.3) is 0 Å². The third-order valence-electron chi connectivity index (χ3n) is 5.08. The molecule has 29 heavy (non-hydrogen) atoms. The summed E-state index contributed by atoms with van der Waals surface area (Å²) in [6, 6.07) is 12.4. The molecule has 8 heteroatoms. The maximum Gasteiger partial charge on any atom is 0.243 e. The largest absolute Gasteiger partial charge is 0.497 e. The van der Waals surface area contributed by atoms with Gasteiger partial charge in [0.25, 0.3) is 0 Å². The molecule has 0 radical (unpaired) electrons. The van der Waals surface area contributed by atoms with Crippen LogP contribution in [0.5, 0.6) is 5.75 Å². The second-order valence-corrected chi connectivity index (χ2v) is 8.98. The number of hydrogen-bond donors (Lipinski definition) is 1. The number of carbonyl (C=O) groups is 1. The van der Waals surface area contributed by atoms with Crippen LogP contribution >= 0.6 is 0 Å². The van der Waals surface area contributed by atoms with E-state index in [1.165, 1.54) is 35.7 Å². The first-order valence-electron chi connectivity index (χ1n) is 9.56. The van der Waals surface area contributed by atoms with Crippen LogP contribution in [-0.4, -0.2) is 45.4 Å². The Labute approximate surface area is 170 Å². The zero-order chi connectivity index (χ0) is 20.9. The lowest BCUT2D eigenvalue weighted by molar-refractivity contribution is -0.126. The summed E-state index contributed by atoms with van der Waals surface area (Å²) in [6.07, 6.45) is 1.87. The summed E-state index contributed by atoms with van der Waals surface area (Å²) in [5, 5.41) is 2.87. The SMILES string of the molecule is COc1ccc(S(=O)(=O)N2CCC[C@@H](C(=O)NCCc3ccc(F)cc3)C2)cc1. The highest BCUT2D eigenvalue weighted by Gasteiger charge is 2.33. The van der Waals surface area contributed by atoms with Crippen molar-refractivity contribution in [1.82, 2.24) is 9.62 Å². The molecule has 0 saturated carbocycles. The first-order chi connectivity index (χ1) is 13.9. The fraction of sp³-hybridized carbons (Fsp3) is 0.381. The molecule has 0 unspecified atom stereocenters. The molecule has 1 aliphatic heterocycles. The van der Waals surface area contributed by atoms with Crippen molar-refractivity contribution in [1.29, 1.82) is 0 Å². The molecule has 1 saturated heterocycles. The summed E-state index contributed by atoms with van der Waals surface area (Å²) < 4.78 is 45.2. The average molecular weight is 421 g/mol. The van der Waals surface area contributed by atoms with Crippen molar-refractivity contribution in [3.63, 3.8) is 0 Å². The molecule has 3 rings (SSSR count). The number of amides is 1. The second kappa shape index (κ2) is 9.37. The molecule has 2 aromatic rings. The third kappa shape index (κ3) is 5.33. The molecule has 156 valence electrons. The highest BCUT2D eigenvalue weighted by molar-refractivity contribution is 7.89. The minimum absolute atomic E-state index is 0.151. The highest BCUT2D eigenvalue weighted by atomic mass is 32.2. The Hall–Kier alpha value is -2.45. The predicted octanol–water partition coefficient (Wildman–Crippen LogP) is 2.59. The monoisotopic (exact) mass is 420 g/mol. The van der Waals surface area contributed by atoms with Gasteiger partial charge in [0.2, 0.25) is 15.9 Å². The van der Waals surface area contributed by atoms with Crippen LogP contribution in [0, 0.1) is 11.7 Å². The van der Waals surface area contributed by atoms with Gasteiger partial charge in [0.1, 0.15) is 11.6 Å². The zero-order valence-electron chi connectivity index (χ0n) is 16.3. The predicted molar refractivity (Wildman–Crippen MR) is 108 cm³/mol. The van der Waals surface area contributed by atoms with Gasteiger partial charge in [-0.05, 0) is 61.2 Å². The smallest absolute Gasteiger partial charge is 0.243 e. The molecule has 0 aliphatic carbocycles. The number of carbonyl (C=O) groups excluding carboxylic acids is 1. The summed E-state index contributed by atoms with van der Waals surface area (Å²) in [6.45, 7) is 0.983. The van der Waals surface area contributed by atoms with Gasteiger partial charge in [0.05, 0.1) is 17.9 Å². The minimum atomic E-state index is -3.66. The van der Waals surface area contributed by atoms with Gasteiger partial charge in [0, 0.05) is 19.6 Å². The molecule has 1 N–H and O–H groups in total. The lowest BCUT2D eigenvalue weighted by Gasteiger charge is -2.31. The number of halogens is 1. The van der Waals surface area contributed by atoms with E-state index in [1.54, 1.807) is 24.3 Å². The van der Waals surface area contributed by atoms with Gasteiger partial charge in [-0.3, -0.25) is 4.79 Å². The van der Waals surface area contributed by atoms with E-state index in [1.807, 2.05) is 0 Å². The Morgan fingerprint density at radius 3 is 2.52 bits per heavy atom. The van der Waals surface area contributed by atoms with Gasteiger partial charge >= 0.3 is 0 Å². The number of rotatable bonds is 7. The molecule has 0 bridgehead atoms. The van der Waals surface area contributed by atoms with Crippen molar-refractivity contribution in [2.45, 2.75) is 24.2 Å². The normalized spacial score (nSPS) is 17.7. The summed E-state index contributed by atoms with van der Waals surface area (Å²) in [4.78, 5) is 12.7. The number of benzene rings is 2. The van der Waals surface area contributed by atoms with E-state index < -0.39 is 10.0 Å². The number of piperidine rings is 1. The molecule has 0 spiro atoms. The number of sulfonamides is 1. The maximum atomic E-state index is 12.9. The van der Waals surface area contributed by atoms with Crippen molar-refractivity contribution in [2.24, 2.45) is 5.92 Å². The molecular formula is C21H25FN2O4S. The van der Waals surface area contributed by atoms with Gasteiger partial charge in [-0.1, -0.05) is 12.1 Å². The maximum absolute atomic E-state index is 12.9. The average Bonchev–Trinajstić information content (AvgIpc) is 2.75. The highest BCUT2D eigenvalue weighted by Crippen LogP contribution is 2.25. The van der Waals surface area contributed by atoms with E-state index >= 15 is 0 Å². The lowest BCUT2D eigenvalue weighted by atomic mass is 9.99. The molecule has 1 heterocycles. The number of hydrogen-bond acceptors (Lipinski definition) is 4. The Kier molecular flexibility index (Phi) is 6.87. The van der Waals surface area contributed by atoms with E-state index in [2.05, 4.69) is 5.32 Å². The third-order valence-corrected chi connectivity index (χ3v) is 6.96. The summed E-state index contributed by atoms with van der Waals surface area (Å²) in [5.74, 6) is -0.245. The van der Waals surface area contributed by atoms with Gasteiger partial charge in [-0.25, -0.2) is 12.8 Å². The van der Waals surface area contributed by atoms with Crippen molar-refractivity contribution >= 4 is 15.9 Å². The van der Waals surface area contributed by atoms with E-state index in [0.29, 0.717) is 38.1 Å². The van der Waals surface area contributed by atoms with E-state index in [0.717, 1.165) is 5.56 Å². The van der Waals surface area contributed by atoms with Gasteiger partial charge in [0.15, 0.2) is 0 Å². The number of methoxy groups -OCH3 is 1. The van der Waals surface area contributed by atoms with Crippen LogP contribution in [0.15, 0.2) is 53.4 Å². The van der Waals surface area contributed by atoms with Crippen molar-refractivity contribution in [3.05, 3.63) is 59.9 Å². The van der Waals surface area contributed by atoms with Gasteiger partial charge < -0.3 is 10.1 Å². The van der Waals surface area contributed by atoms with Gasteiger partial charge in [-0.2, -0.15) is 4.31 Å². The second-order valence-electron chi connectivity index (χ2n) is 7.05. The molecule has 1 aliphatic rings. The summed E-state index contributed by atoms with van der Waals surface area (Å²) >= 11 is 0. The molecular weight excluding hydrogens is 395 g/mol. The Morgan fingerprint density at radius 2 is 1.86 bits per heavy atom. The summed E-state index contributed by atoms with van der Waals surface area (Å²) in [7, 11) is -2.14. The molecule has 0 aromatic heterocycles. The zero-order valence-corrected chi connectivity index (χ0v) is 17.1. The van der Waals surface area contributed by atoms with Crippen LogP contribution < -0.4 is 10.1 Å². The van der Waals surface area contributed by atoms with Crippen molar-refractivity contribution in [2.75, 3.05) is 26.7 Å². The van der Waals surface area contributed by atoms with Gasteiger partial charge in [-0.15, -0.1) is 0 Å². The number of nitrogens with one attached hydrogen (secondary N) is 1. The lowest BCUT2D eigenvalue weighted by Crippen LogP contribution is -2.45. The fourth-order valence-corrected chi connectivity index (χ4v) is 4.92. The molecule has 1 fully saturated rings. The topological polar surface area (TPSA) is 75.7 Å². The van der Waals surface area contributed by atoms with Crippen LogP contribution in [0.3, 0.4) is 0 Å². The Balaban J connectivity index is 1.57. The fourth-order valence-electron chi connectivity index (χ4n) is 3.40. The van der Waals surface area contributed by atoms with Crippen LogP contribution in [0.4, 0.5) is 4.39 Å². The Bertz CT molecular complexity index is 930. The quantitative estimate of drug-likeness (QED) is 0.747.